The molecule has 2 saturated heterocycles. The second kappa shape index (κ2) is 6.72. The highest BCUT2D eigenvalue weighted by Gasteiger charge is 2.23. The van der Waals surface area contributed by atoms with E-state index in [1.807, 2.05) is 0 Å². The molecule has 0 amide bonds. The first-order chi connectivity index (χ1) is 8.27. The Bertz CT molecular complexity index is 222. The molecule has 2 aliphatic rings. The molecule has 0 aromatic rings. The van der Waals surface area contributed by atoms with Gasteiger partial charge in [0.25, 0.3) is 0 Å². The summed E-state index contributed by atoms with van der Waals surface area (Å²) in [7, 11) is 2.27. The van der Waals surface area contributed by atoms with E-state index in [1.165, 1.54) is 38.6 Å². The summed E-state index contributed by atoms with van der Waals surface area (Å²) in [6, 6.07) is 0.813. The number of nitrogens with zero attached hydrogens (tertiary/aromatic N) is 1. The zero-order valence-corrected chi connectivity index (χ0v) is 11.5. The monoisotopic (exact) mass is 240 g/mol. The van der Waals surface area contributed by atoms with Crippen LogP contribution in [-0.4, -0.2) is 50.3 Å². The van der Waals surface area contributed by atoms with E-state index in [1.54, 1.807) is 0 Å². The Morgan fingerprint density at radius 1 is 1.29 bits per heavy atom. The van der Waals surface area contributed by atoms with Crippen LogP contribution in [0.4, 0.5) is 0 Å². The first-order valence-electron chi connectivity index (χ1n) is 7.30. The average molecular weight is 240 g/mol. The number of nitrogens with one attached hydrogen (secondary N) is 1. The molecule has 2 heterocycles. The summed E-state index contributed by atoms with van der Waals surface area (Å²) < 4.78 is 5.58. The maximum atomic E-state index is 5.58. The number of hydrogen-bond donors (Lipinski definition) is 1. The number of ether oxygens (including phenoxy) is 1. The minimum absolute atomic E-state index is 0.458. The molecular weight excluding hydrogens is 212 g/mol. The molecule has 1 N–H and O–H groups in total. The molecule has 3 nitrogen and oxygen atoms in total. The molecule has 0 saturated carbocycles. The van der Waals surface area contributed by atoms with Crippen LogP contribution >= 0.6 is 0 Å². The Balaban J connectivity index is 1.56. The molecule has 0 spiro atoms. The molecule has 2 aliphatic heterocycles. The van der Waals surface area contributed by atoms with E-state index >= 15 is 0 Å². The molecule has 0 aliphatic carbocycles. The Labute approximate surface area is 106 Å². The molecule has 0 aromatic heterocycles. The third-order valence-electron chi connectivity index (χ3n) is 4.52. The van der Waals surface area contributed by atoms with Gasteiger partial charge in [-0.15, -0.1) is 0 Å². The summed E-state index contributed by atoms with van der Waals surface area (Å²) >= 11 is 0. The van der Waals surface area contributed by atoms with Gasteiger partial charge in [-0.3, -0.25) is 0 Å². The van der Waals surface area contributed by atoms with Crippen molar-refractivity contribution in [3.05, 3.63) is 0 Å². The molecule has 2 fully saturated rings. The molecule has 0 bridgehead atoms. The lowest BCUT2D eigenvalue weighted by molar-refractivity contribution is 0.105. The maximum Gasteiger partial charge on any atom is 0.0588 e. The molecule has 17 heavy (non-hydrogen) atoms. The van der Waals surface area contributed by atoms with E-state index in [0.717, 1.165) is 31.7 Å². The molecule has 0 radical (unpaired) electrons. The van der Waals surface area contributed by atoms with Crippen LogP contribution in [0.25, 0.3) is 0 Å². The molecular formula is C14H28N2O. The number of hydrogen-bond acceptors (Lipinski definition) is 3. The lowest BCUT2D eigenvalue weighted by Gasteiger charge is -2.32. The van der Waals surface area contributed by atoms with Crippen molar-refractivity contribution >= 4 is 0 Å². The van der Waals surface area contributed by atoms with Gasteiger partial charge in [0.15, 0.2) is 0 Å². The van der Waals surface area contributed by atoms with E-state index in [9.17, 15) is 0 Å². The highest BCUT2D eigenvalue weighted by atomic mass is 16.5. The Kier molecular flexibility index (Phi) is 5.26. The minimum Gasteiger partial charge on any atom is -0.378 e. The van der Waals surface area contributed by atoms with Crippen molar-refractivity contribution in [2.45, 2.75) is 51.2 Å². The third-order valence-corrected chi connectivity index (χ3v) is 4.52. The highest BCUT2D eigenvalue weighted by Crippen LogP contribution is 2.20. The summed E-state index contributed by atoms with van der Waals surface area (Å²) in [6.45, 7) is 6.75. The van der Waals surface area contributed by atoms with E-state index in [0.29, 0.717) is 6.10 Å². The summed E-state index contributed by atoms with van der Waals surface area (Å²) in [5.74, 6) is 0.735. The summed E-state index contributed by atoms with van der Waals surface area (Å²) in [5, 5.41) is 3.62. The van der Waals surface area contributed by atoms with Crippen LogP contribution in [0.15, 0.2) is 0 Å². The van der Waals surface area contributed by atoms with Gasteiger partial charge in [-0.25, -0.2) is 0 Å². The van der Waals surface area contributed by atoms with E-state index < -0.39 is 0 Å². The van der Waals surface area contributed by atoms with Crippen LogP contribution in [-0.2, 0) is 4.74 Å². The lowest BCUT2D eigenvalue weighted by atomic mass is 9.99. The zero-order valence-electron chi connectivity index (χ0n) is 11.5. The van der Waals surface area contributed by atoms with Gasteiger partial charge in [-0.1, -0.05) is 6.42 Å². The van der Waals surface area contributed by atoms with Crippen molar-refractivity contribution < 1.29 is 4.74 Å². The maximum absolute atomic E-state index is 5.58. The van der Waals surface area contributed by atoms with Crippen molar-refractivity contribution in [1.82, 2.24) is 10.2 Å². The predicted molar refractivity (Wildman–Crippen MR) is 71.3 cm³/mol. The molecule has 3 atom stereocenters. The van der Waals surface area contributed by atoms with Crippen LogP contribution in [0.5, 0.6) is 0 Å². The lowest BCUT2D eigenvalue weighted by Crippen LogP contribution is -2.39. The molecule has 3 unspecified atom stereocenters. The van der Waals surface area contributed by atoms with Gasteiger partial charge in [0, 0.05) is 19.2 Å². The van der Waals surface area contributed by atoms with Crippen LogP contribution in [0.3, 0.4) is 0 Å². The fraction of sp³-hybridized carbons (Fsp3) is 1.00. The first-order valence-corrected chi connectivity index (χ1v) is 7.30. The first kappa shape index (κ1) is 13.3. The van der Waals surface area contributed by atoms with Gasteiger partial charge >= 0.3 is 0 Å². The number of piperidine rings is 1. The highest BCUT2D eigenvalue weighted by molar-refractivity contribution is 4.77. The van der Waals surface area contributed by atoms with Crippen molar-refractivity contribution in [3.8, 4) is 0 Å². The van der Waals surface area contributed by atoms with E-state index in [-0.39, 0.29) is 0 Å². The van der Waals surface area contributed by atoms with Crippen molar-refractivity contribution in [1.29, 1.82) is 0 Å². The largest absolute Gasteiger partial charge is 0.378 e. The van der Waals surface area contributed by atoms with Gasteiger partial charge in [-0.2, -0.15) is 0 Å². The topological polar surface area (TPSA) is 24.5 Å². The van der Waals surface area contributed by atoms with Gasteiger partial charge < -0.3 is 15.0 Å². The van der Waals surface area contributed by atoms with Crippen molar-refractivity contribution in [2.24, 2.45) is 5.92 Å². The van der Waals surface area contributed by atoms with Crippen LogP contribution < -0.4 is 5.32 Å². The zero-order chi connectivity index (χ0) is 12.1. The smallest absolute Gasteiger partial charge is 0.0588 e. The molecule has 100 valence electrons. The van der Waals surface area contributed by atoms with Gasteiger partial charge in [0.1, 0.15) is 0 Å². The fourth-order valence-electron chi connectivity index (χ4n) is 3.11. The number of rotatable bonds is 5. The quantitative estimate of drug-likeness (QED) is 0.743. The summed E-state index contributed by atoms with van der Waals surface area (Å²) in [5.41, 5.74) is 0. The molecule has 2 rings (SSSR count). The van der Waals surface area contributed by atoms with E-state index in [4.69, 9.17) is 4.74 Å². The van der Waals surface area contributed by atoms with Gasteiger partial charge in [-0.05, 0) is 58.7 Å². The number of likely N-dealkylation sites (tertiary alicyclic amines) is 1. The van der Waals surface area contributed by atoms with E-state index in [2.05, 4.69) is 24.2 Å². The third kappa shape index (κ3) is 3.94. The van der Waals surface area contributed by atoms with Gasteiger partial charge in [0.2, 0.25) is 0 Å². The van der Waals surface area contributed by atoms with Gasteiger partial charge in [0.05, 0.1) is 6.10 Å². The predicted octanol–water partition coefficient (Wildman–Crippen LogP) is 1.88. The normalized spacial score (nSPS) is 35.3. The molecule has 0 aromatic carbocycles. The summed E-state index contributed by atoms with van der Waals surface area (Å²) in [4.78, 5) is 2.53. The average Bonchev–Trinajstić information content (AvgIpc) is 2.73. The second-order valence-corrected chi connectivity index (χ2v) is 5.75. The van der Waals surface area contributed by atoms with Crippen LogP contribution in [0, 0.1) is 5.92 Å². The Morgan fingerprint density at radius 3 is 2.88 bits per heavy atom. The van der Waals surface area contributed by atoms with Crippen molar-refractivity contribution in [3.63, 3.8) is 0 Å². The standard InChI is InChI=1S/C14H28N2O/c1-12-13(7-10-17-12)11-15-8-6-14-5-3-4-9-16(14)2/h12-15H,3-11H2,1-2H3. The fourth-order valence-corrected chi connectivity index (χ4v) is 3.11. The second-order valence-electron chi connectivity index (χ2n) is 5.75. The molecule has 3 heteroatoms. The minimum atomic E-state index is 0.458. The Morgan fingerprint density at radius 2 is 2.18 bits per heavy atom. The van der Waals surface area contributed by atoms with Crippen LogP contribution in [0.1, 0.15) is 39.0 Å². The SMILES string of the molecule is CC1OCCC1CNCCC1CCCCN1C. The Hall–Kier alpha value is -0.120. The van der Waals surface area contributed by atoms with Crippen molar-refractivity contribution in [2.75, 3.05) is 33.3 Å². The van der Waals surface area contributed by atoms with Crippen LogP contribution in [0.2, 0.25) is 0 Å². The summed E-state index contributed by atoms with van der Waals surface area (Å²) in [6.07, 6.45) is 7.19.